The van der Waals surface area contributed by atoms with Gasteiger partial charge in [-0.15, -0.1) is 22.7 Å². The maximum Gasteiger partial charge on any atom is 0.253 e. The van der Waals surface area contributed by atoms with E-state index in [9.17, 15) is 16.8 Å². The fraction of sp³-hybridized carbons (Fsp3) is 0.368. The van der Waals surface area contributed by atoms with Gasteiger partial charge in [0, 0.05) is 106 Å². The zero-order valence-electron chi connectivity index (χ0n) is 60.3. The highest BCUT2D eigenvalue weighted by Gasteiger charge is 2.29. The number of ether oxygens (including phenoxy) is 4. The van der Waals surface area contributed by atoms with Crippen LogP contribution in [0.1, 0.15) is 78.2 Å². The molecule has 0 aliphatic rings. The topological polar surface area (TPSA) is 263 Å². The Morgan fingerprint density at radius 1 is 0.379 bits per heavy atom. The number of hydrogen-bond donors (Lipinski definition) is 2. The largest absolute Gasteiger partial charge is 0.492 e. The predicted octanol–water partition coefficient (Wildman–Crippen LogP) is 12.2. The average Bonchev–Trinajstić information content (AvgIpc) is 1.78. The summed E-state index contributed by atoms with van der Waals surface area (Å²) in [5.74, 6) is 2.63. The lowest BCUT2D eigenvalue weighted by Crippen LogP contribution is -2.31. The van der Waals surface area contributed by atoms with E-state index >= 15 is 0 Å². The summed E-state index contributed by atoms with van der Waals surface area (Å²) in [6.07, 6.45) is 6.87. The molecule has 0 bridgehead atoms. The summed E-state index contributed by atoms with van der Waals surface area (Å²) in [5.41, 5.74) is 13.6. The van der Waals surface area contributed by atoms with Crippen LogP contribution < -0.4 is 29.4 Å². The highest BCUT2D eigenvalue weighted by atomic mass is 32.3. The normalized spacial score (nSPS) is 11.6. The lowest BCUT2D eigenvalue weighted by Gasteiger charge is -2.23. The van der Waals surface area contributed by atoms with Crippen LogP contribution in [0.4, 0.5) is 0 Å². The van der Waals surface area contributed by atoms with E-state index in [1.165, 1.54) is 27.0 Å². The van der Waals surface area contributed by atoms with Crippen molar-refractivity contribution < 1.29 is 35.8 Å². The Kier molecular flexibility index (Phi) is 32.9. The predicted molar refractivity (Wildman–Crippen MR) is 410 cm³/mol. The molecule has 27 heteroatoms. The van der Waals surface area contributed by atoms with Crippen LogP contribution in [0.3, 0.4) is 0 Å². The lowest BCUT2D eigenvalue weighted by atomic mass is 10.2. The molecule has 0 atom stereocenters. The highest BCUT2D eigenvalue weighted by molar-refractivity contribution is 7.91. The molecule has 0 saturated heterocycles. The quantitative estimate of drug-likeness (QED) is 0.0363. The van der Waals surface area contributed by atoms with Gasteiger partial charge >= 0.3 is 0 Å². The molecular formula is C76H97N15O8S4. The van der Waals surface area contributed by atoms with Crippen LogP contribution in [0.15, 0.2) is 190 Å². The molecule has 103 heavy (non-hydrogen) atoms. The minimum atomic E-state index is -3.96. The minimum absolute atomic E-state index is 0.0268. The molecule has 548 valence electrons. The Morgan fingerprint density at radius 2 is 0.689 bits per heavy atom. The van der Waals surface area contributed by atoms with Gasteiger partial charge in [-0.1, -0.05) is 91.8 Å². The number of rotatable bonds is 39. The van der Waals surface area contributed by atoms with Crippen LogP contribution in [-0.4, -0.2) is 186 Å². The van der Waals surface area contributed by atoms with Crippen LogP contribution in [0.25, 0.3) is 45.6 Å². The molecule has 23 nitrogen and oxygen atoms in total. The molecule has 3 N–H and O–H groups in total. The molecule has 0 aliphatic heterocycles. The first-order valence-corrected chi connectivity index (χ1v) is 39.7. The number of nitrogens with one attached hydrogen (secondary N) is 1. The van der Waals surface area contributed by atoms with Gasteiger partial charge in [-0.25, -0.2) is 41.5 Å². The molecule has 10 aromatic rings. The monoisotopic (exact) mass is 1480 g/mol. The molecule has 10 heterocycles. The van der Waals surface area contributed by atoms with Crippen molar-refractivity contribution in [1.29, 1.82) is 0 Å². The Morgan fingerprint density at radius 3 is 0.990 bits per heavy atom. The Bertz CT molecular complexity index is 4190. The van der Waals surface area contributed by atoms with Gasteiger partial charge in [0.05, 0.1) is 88.0 Å². The summed E-state index contributed by atoms with van der Waals surface area (Å²) in [7, 11) is -7.53. The van der Waals surface area contributed by atoms with E-state index in [0.29, 0.717) is 101 Å². The van der Waals surface area contributed by atoms with Crippen molar-refractivity contribution in [3.63, 3.8) is 0 Å². The molecule has 0 fully saturated rings. The van der Waals surface area contributed by atoms with Gasteiger partial charge in [0.15, 0.2) is 0 Å². The molecule has 10 aromatic heterocycles. The van der Waals surface area contributed by atoms with Crippen molar-refractivity contribution in [2.75, 3.05) is 105 Å². The Balaban J connectivity index is 0.000000218. The van der Waals surface area contributed by atoms with Crippen molar-refractivity contribution in [2.45, 2.75) is 90.0 Å². The number of nitrogens with two attached hydrogens (primary N) is 1. The summed E-state index contributed by atoms with van der Waals surface area (Å²) in [6, 6.07) is 44.0. The third-order valence-corrected chi connectivity index (χ3v) is 22.5. The fourth-order valence-corrected chi connectivity index (χ4v) is 15.2. The van der Waals surface area contributed by atoms with E-state index < -0.39 is 20.0 Å². The number of thiophene rings is 2. The zero-order chi connectivity index (χ0) is 73.2. The third kappa shape index (κ3) is 25.4. The molecular weight excluding hydrogens is 1380 g/mol. The fourth-order valence-electron chi connectivity index (χ4n) is 10.6. The van der Waals surface area contributed by atoms with Crippen LogP contribution in [0.5, 0.6) is 23.0 Å². The first-order chi connectivity index (χ1) is 50.1. The molecule has 0 amide bonds. The maximum atomic E-state index is 14.3. The number of aromatic nitrogens is 8. The SMILES string of the molecule is CCN(CC)CCOc1cc(CN(Cc2cc(OCCN(CC)CC)cc(-c3ccccn3)n2)S(=O)(=O)c2cccs2)nc(-c2ccccn2)c1.CCN(CC)CCOc1cc(CN)nc(-c2ccccn2)c1.CCN(CC)CCOc1cc(CNS(=O)(=O)c2cccs2)nc(-c2ccccn2)c1. The van der Waals surface area contributed by atoms with Crippen LogP contribution in [0.2, 0.25) is 0 Å². The Labute approximate surface area is 616 Å². The van der Waals surface area contributed by atoms with Crippen molar-refractivity contribution in [3.8, 4) is 68.5 Å². The van der Waals surface area contributed by atoms with Crippen LogP contribution in [-0.2, 0) is 46.2 Å². The van der Waals surface area contributed by atoms with E-state index in [-0.39, 0.29) is 28.1 Å². The third-order valence-electron chi connectivity index (χ3n) is 16.6. The minimum Gasteiger partial charge on any atom is -0.492 e. The second-order valence-electron chi connectivity index (χ2n) is 23.2. The molecule has 0 aromatic carbocycles. The van der Waals surface area contributed by atoms with Crippen molar-refractivity contribution in [2.24, 2.45) is 5.73 Å². The average molecular weight is 1480 g/mol. The van der Waals surface area contributed by atoms with Crippen LogP contribution in [0, 0.1) is 0 Å². The number of sulfonamides is 2. The zero-order valence-corrected chi connectivity index (χ0v) is 63.5. The molecule has 0 radical (unpaired) electrons. The summed E-state index contributed by atoms with van der Waals surface area (Å²) < 4.78 is 82.3. The number of likely N-dealkylation sites (N-methyl/N-ethyl adjacent to an activating group) is 4. The van der Waals surface area contributed by atoms with Gasteiger partial charge in [0.2, 0.25) is 10.0 Å². The molecule has 0 unspecified atom stereocenters. The standard InChI is InChI=1S/C38H47N7O4S2.C21H26N4O3S2.C17H24N4O/c1-5-43(6-2)19-21-48-32-24-30(41-36(26-32)34-14-9-11-17-39-34)28-45(51(46,47)38-16-13-23-50-38)29-31-25-33(49-22-20-44(7-3)8-4)27-37(42-31)35-15-10-12-18-40-35;1-3-25(4-2)11-12-28-18-14-17(16-23-30(26,27)21-9-7-13-29-21)24-20(15-18)19-8-5-6-10-22-19;1-3-21(4-2)9-10-22-15-11-14(13-18)20-17(12-15)16-7-5-6-8-19-16/h9-18,23-27H,5-8,19-22,28-29H2,1-4H3;5-10,13-15,23H,3-4,11-12,16H2,1-2H3;5-8,11-12H,3-4,9-10,13,18H2,1-2H3. The maximum absolute atomic E-state index is 14.3. The van der Waals surface area contributed by atoms with Gasteiger partial charge in [0.25, 0.3) is 10.0 Å². The molecule has 10 rings (SSSR count). The van der Waals surface area contributed by atoms with Gasteiger partial charge in [0.1, 0.15) is 57.8 Å². The second-order valence-corrected chi connectivity index (χ2v) is 29.3. The van der Waals surface area contributed by atoms with Crippen molar-refractivity contribution in [3.05, 3.63) is 204 Å². The smallest absolute Gasteiger partial charge is 0.253 e. The summed E-state index contributed by atoms with van der Waals surface area (Å²) >= 11 is 2.35. The van der Waals surface area contributed by atoms with E-state index in [2.05, 4.69) is 110 Å². The number of pyridine rings is 8. The second kappa shape index (κ2) is 42.3. The molecule has 0 saturated carbocycles. The molecule has 0 spiro atoms. The number of hydrogen-bond acceptors (Lipinski definition) is 23. The van der Waals surface area contributed by atoms with Gasteiger partial charge < -0.3 is 44.3 Å². The Hall–Kier alpha value is -8.58. The van der Waals surface area contributed by atoms with E-state index in [4.69, 9.17) is 34.6 Å². The van der Waals surface area contributed by atoms with E-state index in [0.717, 1.165) is 101 Å². The highest BCUT2D eigenvalue weighted by Crippen LogP contribution is 2.31. The van der Waals surface area contributed by atoms with Gasteiger partial charge in [-0.2, -0.15) is 4.31 Å². The first-order valence-electron chi connectivity index (χ1n) is 35.0. The van der Waals surface area contributed by atoms with Crippen LogP contribution >= 0.6 is 22.7 Å². The summed E-state index contributed by atoms with van der Waals surface area (Å²) in [6.45, 7) is 30.5. The molecule has 0 aliphatic carbocycles. The van der Waals surface area contributed by atoms with E-state index in [1.54, 1.807) is 65.9 Å². The van der Waals surface area contributed by atoms with Gasteiger partial charge in [-0.3, -0.25) is 19.9 Å². The first kappa shape index (κ1) is 80.1. The van der Waals surface area contributed by atoms with E-state index in [1.807, 2.05) is 115 Å². The summed E-state index contributed by atoms with van der Waals surface area (Å²) in [4.78, 5) is 45.8. The van der Waals surface area contributed by atoms with Gasteiger partial charge in [-0.05, 0) is 124 Å². The lowest BCUT2D eigenvalue weighted by molar-refractivity contribution is 0.222. The number of nitrogens with zero attached hydrogens (tertiary/aromatic N) is 13. The summed E-state index contributed by atoms with van der Waals surface area (Å²) in [5, 5.41) is 3.49. The van der Waals surface area contributed by atoms with Crippen molar-refractivity contribution in [1.82, 2.24) is 68.5 Å². The van der Waals surface area contributed by atoms with Crippen molar-refractivity contribution >= 4 is 42.7 Å².